The van der Waals surface area contributed by atoms with Gasteiger partial charge in [0.05, 0.1) is 12.5 Å². The van der Waals surface area contributed by atoms with Crippen LogP contribution in [0, 0.1) is 18.3 Å². The molecule has 1 heterocycles. The summed E-state index contributed by atoms with van der Waals surface area (Å²) >= 11 is 3.42. The molecule has 4 heteroatoms. The third-order valence-corrected chi connectivity index (χ3v) is 3.18. The molecule has 0 N–H and O–H groups in total. The molecule has 1 aliphatic carbocycles. The van der Waals surface area contributed by atoms with Crippen molar-refractivity contribution in [2.75, 3.05) is 11.4 Å². The van der Waals surface area contributed by atoms with Gasteiger partial charge >= 0.3 is 0 Å². The van der Waals surface area contributed by atoms with Crippen molar-refractivity contribution in [3.05, 3.63) is 22.3 Å². The first-order chi connectivity index (χ1) is 7.72. The van der Waals surface area contributed by atoms with Crippen molar-refractivity contribution in [2.45, 2.75) is 32.2 Å². The molecule has 0 saturated heterocycles. The standard InChI is InChI=1S/C12H14BrN3/c1-9-7-10(13)8-15-12(9)16(6-2-5-14)11-3-4-11/h7-8,11H,2-4,6H2,1H3. The second-order valence-electron chi connectivity index (χ2n) is 4.13. The molecule has 0 unspecified atom stereocenters. The van der Waals surface area contributed by atoms with Crippen LogP contribution < -0.4 is 4.90 Å². The van der Waals surface area contributed by atoms with Crippen LogP contribution in [0.2, 0.25) is 0 Å². The Morgan fingerprint density at radius 1 is 1.62 bits per heavy atom. The number of halogens is 1. The van der Waals surface area contributed by atoms with Gasteiger partial charge in [0, 0.05) is 23.3 Å². The van der Waals surface area contributed by atoms with Crippen LogP contribution in [0.25, 0.3) is 0 Å². The summed E-state index contributed by atoms with van der Waals surface area (Å²) in [5, 5.41) is 8.67. The second kappa shape index (κ2) is 4.84. The summed E-state index contributed by atoms with van der Waals surface area (Å²) in [6.07, 6.45) is 4.84. The van der Waals surface area contributed by atoms with Gasteiger partial charge in [0.2, 0.25) is 0 Å². The zero-order valence-electron chi connectivity index (χ0n) is 9.28. The molecule has 1 aromatic rings. The number of hydrogen-bond donors (Lipinski definition) is 0. The number of nitriles is 1. The lowest BCUT2D eigenvalue weighted by molar-refractivity contribution is 0.774. The Labute approximate surface area is 104 Å². The van der Waals surface area contributed by atoms with Gasteiger partial charge in [0.1, 0.15) is 5.82 Å². The summed E-state index contributed by atoms with van der Waals surface area (Å²) < 4.78 is 1.00. The lowest BCUT2D eigenvalue weighted by atomic mass is 10.2. The van der Waals surface area contributed by atoms with Crippen LogP contribution >= 0.6 is 15.9 Å². The van der Waals surface area contributed by atoms with E-state index in [-0.39, 0.29) is 0 Å². The summed E-state index contributed by atoms with van der Waals surface area (Å²) in [6, 6.07) is 4.87. The highest BCUT2D eigenvalue weighted by Crippen LogP contribution is 2.32. The van der Waals surface area contributed by atoms with Crippen molar-refractivity contribution in [2.24, 2.45) is 0 Å². The quantitative estimate of drug-likeness (QED) is 0.851. The van der Waals surface area contributed by atoms with Gasteiger partial charge in [0.15, 0.2) is 0 Å². The number of hydrogen-bond acceptors (Lipinski definition) is 3. The highest BCUT2D eigenvalue weighted by molar-refractivity contribution is 9.10. The Morgan fingerprint density at radius 3 is 2.94 bits per heavy atom. The van der Waals surface area contributed by atoms with Gasteiger partial charge in [0.25, 0.3) is 0 Å². The molecule has 0 bridgehead atoms. The molecule has 84 valence electrons. The van der Waals surface area contributed by atoms with Gasteiger partial charge < -0.3 is 4.90 Å². The SMILES string of the molecule is Cc1cc(Br)cnc1N(CCC#N)C1CC1. The van der Waals surface area contributed by atoms with Gasteiger partial charge in [-0.1, -0.05) is 0 Å². The minimum atomic E-state index is 0.563. The maximum Gasteiger partial charge on any atom is 0.131 e. The zero-order chi connectivity index (χ0) is 11.5. The first kappa shape index (κ1) is 11.4. The van der Waals surface area contributed by atoms with Crippen molar-refractivity contribution in [1.29, 1.82) is 5.26 Å². The Hall–Kier alpha value is -1.08. The molecule has 16 heavy (non-hydrogen) atoms. The van der Waals surface area contributed by atoms with Crippen molar-refractivity contribution in [3.8, 4) is 6.07 Å². The van der Waals surface area contributed by atoms with Crippen LogP contribution in [0.5, 0.6) is 0 Å². The molecule has 0 aromatic carbocycles. The first-order valence-electron chi connectivity index (χ1n) is 5.48. The Kier molecular flexibility index (Phi) is 3.45. The van der Waals surface area contributed by atoms with Gasteiger partial charge in [-0.15, -0.1) is 0 Å². The van der Waals surface area contributed by atoms with Gasteiger partial charge in [-0.3, -0.25) is 0 Å². The van der Waals surface area contributed by atoms with Crippen molar-refractivity contribution >= 4 is 21.7 Å². The highest BCUT2D eigenvalue weighted by atomic mass is 79.9. The lowest BCUT2D eigenvalue weighted by Gasteiger charge is -2.24. The van der Waals surface area contributed by atoms with E-state index in [1.165, 1.54) is 18.4 Å². The number of aryl methyl sites for hydroxylation is 1. The van der Waals surface area contributed by atoms with E-state index in [2.05, 4.69) is 44.9 Å². The average Bonchev–Trinajstić information content (AvgIpc) is 3.05. The van der Waals surface area contributed by atoms with E-state index in [4.69, 9.17) is 5.26 Å². The summed E-state index contributed by atoms with van der Waals surface area (Å²) in [6.45, 7) is 2.85. The van der Waals surface area contributed by atoms with E-state index in [0.717, 1.165) is 16.8 Å². The third-order valence-electron chi connectivity index (χ3n) is 2.74. The minimum Gasteiger partial charge on any atom is -0.352 e. The van der Waals surface area contributed by atoms with Gasteiger partial charge in [-0.25, -0.2) is 4.98 Å². The highest BCUT2D eigenvalue weighted by Gasteiger charge is 2.30. The van der Waals surface area contributed by atoms with E-state index < -0.39 is 0 Å². The predicted octanol–water partition coefficient (Wildman–Crippen LogP) is 3.04. The molecule has 1 saturated carbocycles. The van der Waals surface area contributed by atoms with E-state index in [1.54, 1.807) is 0 Å². The molecular formula is C12H14BrN3. The summed E-state index contributed by atoms with van der Waals surface area (Å²) in [5.41, 5.74) is 1.17. The van der Waals surface area contributed by atoms with Crippen LogP contribution in [0.15, 0.2) is 16.7 Å². The number of nitrogens with zero attached hydrogens (tertiary/aromatic N) is 3. The van der Waals surface area contributed by atoms with E-state index in [0.29, 0.717) is 12.5 Å². The molecule has 0 radical (unpaired) electrons. The molecule has 0 aliphatic heterocycles. The normalized spacial score (nSPS) is 14.6. The van der Waals surface area contributed by atoms with Crippen molar-refractivity contribution < 1.29 is 0 Å². The van der Waals surface area contributed by atoms with E-state index in [1.807, 2.05) is 6.20 Å². The predicted molar refractivity (Wildman–Crippen MR) is 67.3 cm³/mol. The zero-order valence-corrected chi connectivity index (χ0v) is 10.9. The molecule has 1 aromatic heterocycles. The maximum atomic E-state index is 8.67. The first-order valence-corrected chi connectivity index (χ1v) is 6.27. The molecule has 2 rings (SSSR count). The number of aromatic nitrogens is 1. The summed E-state index contributed by atoms with van der Waals surface area (Å²) in [7, 11) is 0. The average molecular weight is 280 g/mol. The molecule has 0 atom stereocenters. The number of rotatable bonds is 4. The summed E-state index contributed by atoms with van der Waals surface area (Å²) in [4.78, 5) is 6.73. The fraction of sp³-hybridized carbons (Fsp3) is 0.500. The lowest BCUT2D eigenvalue weighted by Crippen LogP contribution is -2.28. The van der Waals surface area contributed by atoms with E-state index >= 15 is 0 Å². The van der Waals surface area contributed by atoms with Gasteiger partial charge in [-0.2, -0.15) is 5.26 Å². The Balaban J connectivity index is 2.21. The van der Waals surface area contributed by atoms with Gasteiger partial charge in [-0.05, 0) is 47.3 Å². The molecule has 1 aliphatic rings. The van der Waals surface area contributed by atoms with Crippen molar-refractivity contribution in [1.82, 2.24) is 4.98 Å². The Bertz CT molecular complexity index is 421. The van der Waals surface area contributed by atoms with Crippen LogP contribution in [-0.2, 0) is 0 Å². The van der Waals surface area contributed by atoms with Crippen molar-refractivity contribution in [3.63, 3.8) is 0 Å². The molecule has 0 spiro atoms. The largest absolute Gasteiger partial charge is 0.352 e. The van der Waals surface area contributed by atoms with Crippen LogP contribution in [0.3, 0.4) is 0 Å². The second-order valence-corrected chi connectivity index (χ2v) is 5.04. The monoisotopic (exact) mass is 279 g/mol. The maximum absolute atomic E-state index is 8.67. The number of pyridine rings is 1. The minimum absolute atomic E-state index is 0.563. The fourth-order valence-corrected chi connectivity index (χ4v) is 2.30. The van der Waals surface area contributed by atoms with E-state index in [9.17, 15) is 0 Å². The van der Waals surface area contributed by atoms with Crippen LogP contribution in [0.4, 0.5) is 5.82 Å². The molecule has 0 amide bonds. The topological polar surface area (TPSA) is 39.9 Å². The third kappa shape index (κ3) is 2.53. The van der Waals surface area contributed by atoms with Crippen LogP contribution in [0.1, 0.15) is 24.8 Å². The molecule has 1 fully saturated rings. The summed E-state index contributed by atoms with van der Waals surface area (Å²) in [5.74, 6) is 1.03. The molecular weight excluding hydrogens is 266 g/mol. The Morgan fingerprint density at radius 2 is 2.38 bits per heavy atom. The number of anilines is 1. The smallest absolute Gasteiger partial charge is 0.131 e. The van der Waals surface area contributed by atoms with Crippen LogP contribution in [-0.4, -0.2) is 17.6 Å². The fourth-order valence-electron chi connectivity index (χ4n) is 1.85. The molecule has 3 nitrogen and oxygen atoms in total.